The van der Waals surface area contributed by atoms with Crippen LogP contribution < -0.4 is 5.63 Å². The van der Waals surface area contributed by atoms with E-state index in [0.717, 1.165) is 22.1 Å². The van der Waals surface area contributed by atoms with Crippen molar-refractivity contribution in [1.82, 2.24) is 0 Å². The summed E-state index contributed by atoms with van der Waals surface area (Å²) < 4.78 is 5.34. The van der Waals surface area contributed by atoms with Crippen LogP contribution in [0.2, 0.25) is 5.02 Å². The third-order valence-electron chi connectivity index (χ3n) is 3.87. The largest absolute Gasteiger partial charge is 0.508 e. The van der Waals surface area contributed by atoms with Gasteiger partial charge in [0.2, 0.25) is 0 Å². The molecule has 0 aliphatic carbocycles. The standard InChI is InChI=1S/C18H15ClO3/c1-10-7-12(3-6-16(10)19)8-15-11(2)14-5-4-13(20)9-17(14)22-18(15)21/h3-7,9,20H,8H2,1-2H3. The molecule has 3 aromatic rings. The van der Waals surface area contributed by atoms with Crippen molar-refractivity contribution in [1.29, 1.82) is 0 Å². The highest BCUT2D eigenvalue weighted by Gasteiger charge is 2.12. The molecule has 3 rings (SSSR count). The minimum Gasteiger partial charge on any atom is -0.508 e. The van der Waals surface area contributed by atoms with Crippen LogP contribution >= 0.6 is 11.6 Å². The Morgan fingerprint density at radius 2 is 1.91 bits per heavy atom. The summed E-state index contributed by atoms with van der Waals surface area (Å²) in [4.78, 5) is 12.2. The lowest BCUT2D eigenvalue weighted by Gasteiger charge is -2.09. The van der Waals surface area contributed by atoms with Crippen LogP contribution in [-0.4, -0.2) is 5.11 Å². The maximum Gasteiger partial charge on any atom is 0.340 e. The predicted octanol–water partition coefficient (Wildman–Crippen LogP) is 4.36. The van der Waals surface area contributed by atoms with Crippen LogP contribution in [0, 0.1) is 13.8 Å². The summed E-state index contributed by atoms with van der Waals surface area (Å²) in [6.07, 6.45) is 0.489. The van der Waals surface area contributed by atoms with Crippen LogP contribution in [0.1, 0.15) is 22.3 Å². The zero-order valence-electron chi connectivity index (χ0n) is 12.3. The van der Waals surface area contributed by atoms with Gasteiger partial charge < -0.3 is 9.52 Å². The maximum absolute atomic E-state index is 12.2. The minimum absolute atomic E-state index is 0.0797. The number of benzene rings is 2. The Balaban J connectivity index is 2.12. The fourth-order valence-corrected chi connectivity index (χ4v) is 2.73. The number of hydrogen-bond acceptors (Lipinski definition) is 3. The Labute approximate surface area is 132 Å². The Kier molecular flexibility index (Phi) is 3.67. The molecule has 4 heteroatoms. The van der Waals surface area contributed by atoms with Crippen LogP contribution in [0.4, 0.5) is 0 Å². The van der Waals surface area contributed by atoms with Gasteiger partial charge in [0.25, 0.3) is 0 Å². The van der Waals surface area contributed by atoms with Crippen molar-refractivity contribution in [3.8, 4) is 5.75 Å². The van der Waals surface area contributed by atoms with Gasteiger partial charge in [0.05, 0.1) is 0 Å². The first-order chi connectivity index (χ1) is 10.5. The number of aromatic hydroxyl groups is 1. The molecular formula is C18H15ClO3. The lowest BCUT2D eigenvalue weighted by Crippen LogP contribution is -2.11. The Morgan fingerprint density at radius 3 is 2.64 bits per heavy atom. The molecule has 0 saturated heterocycles. The molecule has 0 amide bonds. The van der Waals surface area contributed by atoms with Gasteiger partial charge in [0.15, 0.2) is 0 Å². The zero-order valence-corrected chi connectivity index (χ0v) is 13.1. The van der Waals surface area contributed by atoms with Crippen molar-refractivity contribution >= 4 is 22.6 Å². The summed E-state index contributed by atoms with van der Waals surface area (Å²) in [5.41, 5.74) is 3.52. The minimum atomic E-state index is -0.372. The third-order valence-corrected chi connectivity index (χ3v) is 4.30. The molecule has 1 heterocycles. The first-order valence-electron chi connectivity index (χ1n) is 6.96. The van der Waals surface area contributed by atoms with Gasteiger partial charge in [-0.1, -0.05) is 23.7 Å². The third kappa shape index (κ3) is 2.60. The molecule has 0 saturated carbocycles. The molecule has 112 valence electrons. The lowest BCUT2D eigenvalue weighted by molar-refractivity contribution is 0.472. The molecule has 0 atom stereocenters. The number of fused-ring (bicyclic) bond motifs is 1. The summed E-state index contributed by atoms with van der Waals surface area (Å²) in [5, 5.41) is 11.0. The van der Waals surface area contributed by atoms with Crippen LogP contribution in [0.25, 0.3) is 11.0 Å². The van der Waals surface area contributed by atoms with Gasteiger partial charge in [0, 0.05) is 28.5 Å². The van der Waals surface area contributed by atoms with Crippen molar-refractivity contribution < 1.29 is 9.52 Å². The molecule has 1 N–H and O–H groups in total. The molecule has 0 aliphatic rings. The molecule has 22 heavy (non-hydrogen) atoms. The molecule has 3 nitrogen and oxygen atoms in total. The van der Waals surface area contributed by atoms with E-state index in [1.54, 1.807) is 12.1 Å². The maximum atomic E-state index is 12.2. The summed E-state index contributed by atoms with van der Waals surface area (Å²) in [6, 6.07) is 10.5. The Bertz CT molecular complexity index is 925. The van der Waals surface area contributed by atoms with E-state index < -0.39 is 0 Å². The van der Waals surface area contributed by atoms with Gasteiger partial charge in [0.1, 0.15) is 11.3 Å². The zero-order chi connectivity index (χ0) is 15.9. The Hall–Kier alpha value is -2.26. The van der Waals surface area contributed by atoms with Crippen LogP contribution in [0.5, 0.6) is 5.75 Å². The topological polar surface area (TPSA) is 50.4 Å². The quantitative estimate of drug-likeness (QED) is 0.715. The van der Waals surface area contributed by atoms with E-state index in [1.807, 2.05) is 32.0 Å². The smallest absolute Gasteiger partial charge is 0.340 e. The summed E-state index contributed by atoms with van der Waals surface area (Å²) in [7, 11) is 0. The molecule has 0 spiro atoms. The van der Waals surface area contributed by atoms with E-state index in [1.165, 1.54) is 6.07 Å². The fourth-order valence-electron chi connectivity index (χ4n) is 2.61. The van der Waals surface area contributed by atoms with Crippen LogP contribution in [-0.2, 0) is 6.42 Å². The second-order valence-electron chi connectivity index (χ2n) is 5.43. The molecule has 0 unspecified atom stereocenters. The summed E-state index contributed by atoms with van der Waals surface area (Å²) in [6.45, 7) is 3.83. The van der Waals surface area contributed by atoms with Crippen molar-refractivity contribution in [2.75, 3.05) is 0 Å². The first-order valence-corrected chi connectivity index (χ1v) is 7.34. The normalized spacial score (nSPS) is 11.0. The molecule has 0 radical (unpaired) electrons. The average Bonchev–Trinajstić information content (AvgIpc) is 2.46. The number of phenols is 1. The molecule has 2 aromatic carbocycles. The highest BCUT2D eigenvalue weighted by atomic mass is 35.5. The monoisotopic (exact) mass is 314 g/mol. The average molecular weight is 315 g/mol. The number of aryl methyl sites for hydroxylation is 2. The van der Waals surface area contributed by atoms with Crippen molar-refractivity contribution in [3.05, 3.63) is 74.1 Å². The molecule has 0 fully saturated rings. The predicted molar refractivity (Wildman–Crippen MR) is 87.9 cm³/mol. The highest BCUT2D eigenvalue weighted by Crippen LogP contribution is 2.25. The van der Waals surface area contributed by atoms with E-state index in [2.05, 4.69) is 0 Å². The van der Waals surface area contributed by atoms with Gasteiger partial charge in [-0.3, -0.25) is 0 Å². The number of halogens is 1. The molecule has 1 aromatic heterocycles. The summed E-state index contributed by atoms with van der Waals surface area (Å²) in [5.74, 6) is 0.0797. The molecule has 0 aliphatic heterocycles. The van der Waals surface area contributed by atoms with Gasteiger partial charge in [-0.25, -0.2) is 4.79 Å². The van der Waals surface area contributed by atoms with Crippen LogP contribution in [0.15, 0.2) is 45.6 Å². The van der Waals surface area contributed by atoms with Gasteiger partial charge in [-0.15, -0.1) is 0 Å². The van der Waals surface area contributed by atoms with E-state index in [0.29, 0.717) is 22.6 Å². The van der Waals surface area contributed by atoms with Crippen molar-refractivity contribution in [2.24, 2.45) is 0 Å². The molecular weight excluding hydrogens is 300 g/mol. The van der Waals surface area contributed by atoms with Gasteiger partial charge >= 0.3 is 5.63 Å². The highest BCUT2D eigenvalue weighted by molar-refractivity contribution is 6.31. The van der Waals surface area contributed by atoms with Crippen molar-refractivity contribution in [3.63, 3.8) is 0 Å². The number of phenolic OH excluding ortho intramolecular Hbond substituents is 1. The van der Waals surface area contributed by atoms with Crippen molar-refractivity contribution in [2.45, 2.75) is 20.3 Å². The van der Waals surface area contributed by atoms with E-state index >= 15 is 0 Å². The van der Waals surface area contributed by atoms with Gasteiger partial charge in [-0.2, -0.15) is 0 Å². The van der Waals surface area contributed by atoms with E-state index in [-0.39, 0.29) is 11.4 Å². The SMILES string of the molecule is Cc1cc(Cc2c(C)c3ccc(O)cc3oc2=O)ccc1Cl. The van der Waals surface area contributed by atoms with Crippen LogP contribution in [0.3, 0.4) is 0 Å². The fraction of sp³-hybridized carbons (Fsp3) is 0.167. The van der Waals surface area contributed by atoms with E-state index in [9.17, 15) is 9.90 Å². The van der Waals surface area contributed by atoms with Gasteiger partial charge in [-0.05, 0) is 48.7 Å². The molecule has 0 bridgehead atoms. The number of rotatable bonds is 2. The second kappa shape index (κ2) is 5.50. The first kappa shape index (κ1) is 14.7. The lowest BCUT2D eigenvalue weighted by atomic mass is 9.99. The second-order valence-corrected chi connectivity index (χ2v) is 5.84. The van der Waals surface area contributed by atoms with E-state index in [4.69, 9.17) is 16.0 Å². The Morgan fingerprint density at radius 1 is 1.14 bits per heavy atom. The summed E-state index contributed by atoms with van der Waals surface area (Å²) >= 11 is 6.04. The number of hydrogen-bond donors (Lipinski definition) is 1.